The van der Waals surface area contributed by atoms with Crippen molar-refractivity contribution in [2.45, 2.75) is 31.8 Å². The first-order valence-electron chi connectivity index (χ1n) is 7.44. The van der Waals surface area contributed by atoms with Gasteiger partial charge in [0.25, 0.3) is 5.91 Å². The maximum absolute atomic E-state index is 12.6. The van der Waals surface area contributed by atoms with E-state index in [4.69, 9.17) is 0 Å². The van der Waals surface area contributed by atoms with Crippen molar-refractivity contribution < 1.29 is 9.90 Å². The molecule has 1 aromatic carbocycles. The summed E-state index contributed by atoms with van der Waals surface area (Å²) in [6, 6.07) is 3.44. The van der Waals surface area contributed by atoms with Gasteiger partial charge in [-0.3, -0.25) is 4.79 Å². The Labute approximate surface area is 154 Å². The first-order valence-corrected chi connectivity index (χ1v) is 9.84. The van der Waals surface area contributed by atoms with E-state index >= 15 is 0 Å². The molecule has 7 heteroatoms. The average molecular weight is 458 g/mol. The molecule has 0 fully saturated rings. The standard InChI is InChI=1S/C16H14Br2N2O2S/c17-9-6-10(18)11(21)5-8(9)14-19-15(22)13-7-3-1-2-4-12(7)23-16(13)20-14/h5-6,14,20-21H,1-4H2,(H,19,22). The van der Waals surface area contributed by atoms with Gasteiger partial charge in [-0.2, -0.15) is 0 Å². The molecule has 1 atom stereocenters. The Morgan fingerprint density at radius 1 is 1.13 bits per heavy atom. The van der Waals surface area contributed by atoms with Gasteiger partial charge in [0, 0.05) is 14.9 Å². The smallest absolute Gasteiger partial charge is 0.256 e. The number of phenols is 1. The monoisotopic (exact) mass is 456 g/mol. The Hall–Kier alpha value is -1.05. The molecule has 0 saturated heterocycles. The summed E-state index contributed by atoms with van der Waals surface area (Å²) in [7, 11) is 0. The van der Waals surface area contributed by atoms with Gasteiger partial charge in [0.2, 0.25) is 0 Å². The van der Waals surface area contributed by atoms with Gasteiger partial charge in [-0.1, -0.05) is 15.9 Å². The highest BCUT2D eigenvalue weighted by molar-refractivity contribution is 9.11. The number of nitrogens with one attached hydrogen (secondary N) is 2. The van der Waals surface area contributed by atoms with Crippen molar-refractivity contribution in [3.05, 3.63) is 42.6 Å². The number of aryl methyl sites for hydroxylation is 1. The zero-order valence-corrected chi connectivity index (χ0v) is 16.1. The van der Waals surface area contributed by atoms with Gasteiger partial charge in [-0.25, -0.2) is 0 Å². The van der Waals surface area contributed by atoms with Crippen LogP contribution in [0.4, 0.5) is 5.00 Å². The highest BCUT2D eigenvalue weighted by Gasteiger charge is 2.32. The van der Waals surface area contributed by atoms with E-state index in [0.29, 0.717) is 4.47 Å². The van der Waals surface area contributed by atoms with Gasteiger partial charge >= 0.3 is 0 Å². The van der Waals surface area contributed by atoms with Crippen LogP contribution in [0.3, 0.4) is 0 Å². The van der Waals surface area contributed by atoms with Crippen LogP contribution in [0.1, 0.15) is 45.4 Å². The minimum Gasteiger partial charge on any atom is -0.507 e. The summed E-state index contributed by atoms with van der Waals surface area (Å²) in [6.07, 6.45) is 4.05. The van der Waals surface area contributed by atoms with Crippen molar-refractivity contribution in [2.24, 2.45) is 0 Å². The van der Waals surface area contributed by atoms with Gasteiger partial charge in [0.05, 0.1) is 10.0 Å². The lowest BCUT2D eigenvalue weighted by Gasteiger charge is -2.27. The summed E-state index contributed by atoms with van der Waals surface area (Å²) >= 11 is 8.49. The molecule has 1 amide bonds. The predicted octanol–water partition coefficient (Wildman–Crippen LogP) is 4.71. The third-order valence-electron chi connectivity index (χ3n) is 4.33. The van der Waals surface area contributed by atoms with Crippen LogP contribution >= 0.6 is 43.2 Å². The number of fused-ring (bicyclic) bond motifs is 3. The van der Waals surface area contributed by atoms with Crippen LogP contribution in [-0.2, 0) is 12.8 Å². The summed E-state index contributed by atoms with van der Waals surface area (Å²) in [5, 5.41) is 17.3. The van der Waals surface area contributed by atoms with Gasteiger partial charge in [0.15, 0.2) is 0 Å². The maximum Gasteiger partial charge on any atom is 0.256 e. The molecular weight excluding hydrogens is 444 g/mol. The molecule has 1 aliphatic heterocycles. The number of phenolic OH excluding ortho intramolecular Hbond substituents is 1. The van der Waals surface area contributed by atoms with Crippen LogP contribution in [0.25, 0.3) is 0 Å². The van der Waals surface area contributed by atoms with Crippen molar-refractivity contribution in [1.82, 2.24) is 5.32 Å². The molecule has 1 aliphatic carbocycles. The van der Waals surface area contributed by atoms with E-state index in [0.717, 1.165) is 39.9 Å². The zero-order chi connectivity index (χ0) is 16.1. The number of carbonyl (C=O) groups is 1. The van der Waals surface area contributed by atoms with Gasteiger partial charge < -0.3 is 15.7 Å². The second-order valence-corrected chi connectivity index (χ2v) is 8.60. The van der Waals surface area contributed by atoms with E-state index in [-0.39, 0.29) is 17.8 Å². The molecule has 0 spiro atoms. The fraction of sp³-hybridized carbons (Fsp3) is 0.312. The number of halogens is 2. The Morgan fingerprint density at radius 3 is 2.74 bits per heavy atom. The number of carbonyl (C=O) groups excluding carboxylic acids is 1. The number of benzene rings is 1. The van der Waals surface area contributed by atoms with Crippen LogP contribution in [0.5, 0.6) is 5.75 Å². The van der Waals surface area contributed by atoms with Crippen LogP contribution in [0.2, 0.25) is 0 Å². The van der Waals surface area contributed by atoms with Gasteiger partial charge in [0.1, 0.15) is 16.9 Å². The van der Waals surface area contributed by atoms with E-state index < -0.39 is 0 Å². The Bertz CT molecular complexity index is 819. The summed E-state index contributed by atoms with van der Waals surface area (Å²) in [4.78, 5) is 14.0. The minimum absolute atomic E-state index is 0.0301. The molecule has 4 rings (SSSR count). The molecule has 2 heterocycles. The molecule has 0 radical (unpaired) electrons. The van der Waals surface area contributed by atoms with E-state index in [1.807, 2.05) is 0 Å². The number of aromatic hydroxyl groups is 1. The number of amides is 1. The third kappa shape index (κ3) is 2.58. The summed E-state index contributed by atoms with van der Waals surface area (Å²) in [5.41, 5.74) is 2.84. The number of hydrogen-bond donors (Lipinski definition) is 3. The minimum atomic E-state index is -0.358. The number of thiophene rings is 1. The average Bonchev–Trinajstić information content (AvgIpc) is 2.89. The van der Waals surface area contributed by atoms with Crippen LogP contribution < -0.4 is 10.6 Å². The summed E-state index contributed by atoms with van der Waals surface area (Å²) < 4.78 is 1.44. The van der Waals surface area contributed by atoms with Crippen molar-refractivity contribution in [1.29, 1.82) is 0 Å². The van der Waals surface area contributed by atoms with Crippen LogP contribution in [-0.4, -0.2) is 11.0 Å². The van der Waals surface area contributed by atoms with Crippen molar-refractivity contribution in [3.63, 3.8) is 0 Å². The lowest BCUT2D eigenvalue weighted by molar-refractivity contribution is 0.0935. The maximum atomic E-state index is 12.6. The molecule has 0 bridgehead atoms. The zero-order valence-electron chi connectivity index (χ0n) is 12.1. The number of hydrogen-bond acceptors (Lipinski definition) is 4. The van der Waals surface area contributed by atoms with E-state index in [1.54, 1.807) is 23.5 Å². The number of anilines is 1. The first kappa shape index (κ1) is 15.5. The molecule has 2 aromatic rings. The normalized spacial score (nSPS) is 19.6. The van der Waals surface area contributed by atoms with E-state index in [9.17, 15) is 9.90 Å². The second kappa shape index (κ2) is 5.79. The fourth-order valence-electron chi connectivity index (χ4n) is 3.21. The topological polar surface area (TPSA) is 61.4 Å². The van der Waals surface area contributed by atoms with E-state index in [2.05, 4.69) is 42.5 Å². The molecule has 23 heavy (non-hydrogen) atoms. The molecule has 4 nitrogen and oxygen atoms in total. The largest absolute Gasteiger partial charge is 0.507 e. The van der Waals surface area contributed by atoms with Gasteiger partial charge in [-0.05, 0) is 59.3 Å². The van der Waals surface area contributed by atoms with Crippen molar-refractivity contribution in [3.8, 4) is 5.75 Å². The highest BCUT2D eigenvalue weighted by atomic mass is 79.9. The molecule has 1 aromatic heterocycles. The van der Waals surface area contributed by atoms with Gasteiger partial charge in [-0.15, -0.1) is 11.3 Å². The molecule has 2 aliphatic rings. The van der Waals surface area contributed by atoms with Crippen LogP contribution in [0.15, 0.2) is 21.1 Å². The summed E-state index contributed by atoms with van der Waals surface area (Å²) in [6.45, 7) is 0. The molecule has 3 N–H and O–H groups in total. The SMILES string of the molecule is O=C1NC(c2cc(O)c(Br)cc2Br)Nc2sc3c(c21)CCCC3. The second-order valence-electron chi connectivity index (χ2n) is 5.79. The first-order chi connectivity index (χ1) is 11.0. The molecule has 120 valence electrons. The van der Waals surface area contributed by atoms with Crippen molar-refractivity contribution >= 4 is 54.1 Å². The lowest BCUT2D eigenvalue weighted by atomic mass is 9.94. The molecular formula is C16H14Br2N2O2S. The Kier molecular flexibility index (Phi) is 3.90. The van der Waals surface area contributed by atoms with Crippen LogP contribution in [0, 0.1) is 0 Å². The molecule has 0 saturated carbocycles. The fourth-order valence-corrected chi connectivity index (χ4v) is 5.75. The molecule has 1 unspecified atom stereocenters. The Morgan fingerprint density at radius 2 is 1.91 bits per heavy atom. The predicted molar refractivity (Wildman–Crippen MR) is 98.3 cm³/mol. The highest BCUT2D eigenvalue weighted by Crippen LogP contribution is 2.43. The Balaban J connectivity index is 1.74. The summed E-state index contributed by atoms with van der Waals surface area (Å²) in [5.74, 6) is 0.118. The van der Waals surface area contributed by atoms with Crippen molar-refractivity contribution in [2.75, 3.05) is 5.32 Å². The third-order valence-corrected chi connectivity index (χ3v) is 6.87. The quantitative estimate of drug-likeness (QED) is 0.581. The number of rotatable bonds is 1. The van der Waals surface area contributed by atoms with E-state index in [1.165, 1.54) is 16.9 Å². The lowest BCUT2D eigenvalue weighted by Crippen LogP contribution is -2.38.